The van der Waals surface area contributed by atoms with E-state index in [4.69, 9.17) is 23.2 Å². The van der Waals surface area contributed by atoms with Crippen molar-refractivity contribution in [3.63, 3.8) is 0 Å². The molecule has 0 fully saturated rings. The largest absolute Gasteiger partial charge is 0.371 e. The van der Waals surface area contributed by atoms with Crippen LogP contribution >= 0.6 is 39.1 Å². The summed E-state index contributed by atoms with van der Waals surface area (Å²) >= 11 is 15.7. The highest BCUT2D eigenvalue weighted by molar-refractivity contribution is 9.10. The molecule has 1 aliphatic heterocycles. The molecule has 0 saturated heterocycles. The molecule has 0 bridgehead atoms. The summed E-state index contributed by atoms with van der Waals surface area (Å²) in [5.74, 6) is -1.13. The van der Waals surface area contributed by atoms with Crippen molar-refractivity contribution in [3.8, 4) is 0 Å². The molecule has 4 rings (SSSR count). The Labute approximate surface area is 203 Å². The van der Waals surface area contributed by atoms with E-state index in [2.05, 4.69) is 26.6 Å². The van der Waals surface area contributed by atoms with Crippen molar-refractivity contribution in [2.24, 2.45) is 0 Å². The van der Waals surface area contributed by atoms with E-state index in [9.17, 15) is 14.7 Å². The summed E-state index contributed by atoms with van der Waals surface area (Å²) in [6.45, 7) is 5.64. The maximum absolute atomic E-state index is 13.4. The highest BCUT2D eigenvalue weighted by Crippen LogP contribution is 2.45. The zero-order valence-corrected chi connectivity index (χ0v) is 20.6. The van der Waals surface area contributed by atoms with E-state index in [1.807, 2.05) is 20.8 Å². The first kappa shape index (κ1) is 22.9. The maximum atomic E-state index is 13.4. The third-order valence-electron chi connectivity index (χ3n) is 5.49. The van der Waals surface area contributed by atoms with Crippen molar-refractivity contribution in [2.75, 3.05) is 10.6 Å². The third kappa shape index (κ3) is 3.63. The first-order chi connectivity index (χ1) is 15.0. The van der Waals surface area contributed by atoms with Gasteiger partial charge in [0.05, 0.1) is 15.9 Å². The summed E-state index contributed by atoms with van der Waals surface area (Å²) in [5.41, 5.74) is 0.315. The van der Waals surface area contributed by atoms with Gasteiger partial charge in [0, 0.05) is 33.0 Å². The van der Waals surface area contributed by atoms with E-state index in [-0.39, 0.29) is 17.3 Å². The Morgan fingerprint density at radius 1 is 1.16 bits per heavy atom. The lowest BCUT2D eigenvalue weighted by Crippen LogP contribution is -2.39. The lowest BCUT2D eigenvalue weighted by Gasteiger charge is -2.27. The third-order valence-corrected chi connectivity index (χ3v) is 6.57. The van der Waals surface area contributed by atoms with Gasteiger partial charge in [-0.1, -0.05) is 35.3 Å². The van der Waals surface area contributed by atoms with Crippen LogP contribution in [0.5, 0.6) is 0 Å². The SMILES string of the molecule is Cc1ccc(Cl)cc1NC(=O)c1cc(Br)n(C(C)C)c1C1(O)C(=O)Nc2cc(Cl)ccc21. The van der Waals surface area contributed by atoms with Gasteiger partial charge >= 0.3 is 0 Å². The van der Waals surface area contributed by atoms with Crippen LogP contribution in [-0.4, -0.2) is 21.5 Å². The van der Waals surface area contributed by atoms with Gasteiger partial charge in [-0.3, -0.25) is 9.59 Å². The minimum Gasteiger partial charge on any atom is -0.371 e. The van der Waals surface area contributed by atoms with Gasteiger partial charge in [-0.15, -0.1) is 0 Å². The zero-order valence-electron chi connectivity index (χ0n) is 17.5. The van der Waals surface area contributed by atoms with Crippen molar-refractivity contribution >= 4 is 62.3 Å². The molecule has 3 aromatic rings. The second kappa shape index (κ2) is 8.23. The lowest BCUT2D eigenvalue weighted by atomic mass is 9.88. The standard InChI is InChI=1S/C23H20BrCl2N3O3/c1-11(2)29-19(24)10-15(21(30)27-17-8-13(25)5-4-12(17)3)20(29)23(32)16-7-6-14(26)9-18(16)28-22(23)31/h4-11,32H,1-3H3,(H,27,30)(H,28,31). The Bertz CT molecular complexity index is 1270. The summed E-state index contributed by atoms with van der Waals surface area (Å²) in [6, 6.07) is 11.4. The topological polar surface area (TPSA) is 83.4 Å². The molecule has 1 atom stereocenters. The van der Waals surface area contributed by atoms with Crippen LogP contribution in [-0.2, 0) is 10.4 Å². The molecule has 3 N–H and O–H groups in total. The zero-order chi connectivity index (χ0) is 23.4. The van der Waals surface area contributed by atoms with E-state index < -0.39 is 17.4 Å². The quantitative estimate of drug-likeness (QED) is 0.389. The van der Waals surface area contributed by atoms with Crippen LogP contribution in [0.2, 0.25) is 10.0 Å². The van der Waals surface area contributed by atoms with Gasteiger partial charge in [0.25, 0.3) is 11.8 Å². The second-order valence-electron chi connectivity index (χ2n) is 7.96. The van der Waals surface area contributed by atoms with Crippen molar-refractivity contribution in [1.82, 2.24) is 4.57 Å². The number of aryl methyl sites for hydroxylation is 1. The molecule has 2 amide bonds. The molecule has 0 radical (unpaired) electrons. The molecule has 0 saturated carbocycles. The van der Waals surface area contributed by atoms with Crippen molar-refractivity contribution in [1.29, 1.82) is 0 Å². The number of rotatable bonds is 4. The molecule has 166 valence electrons. The number of anilines is 2. The fraction of sp³-hybridized carbons (Fsp3) is 0.217. The predicted molar refractivity (Wildman–Crippen MR) is 130 cm³/mol. The van der Waals surface area contributed by atoms with E-state index >= 15 is 0 Å². The van der Waals surface area contributed by atoms with Crippen LogP contribution in [0.15, 0.2) is 47.1 Å². The fourth-order valence-corrected chi connectivity index (χ4v) is 5.12. The van der Waals surface area contributed by atoms with E-state index in [0.717, 1.165) is 5.56 Å². The first-order valence-corrected chi connectivity index (χ1v) is 11.4. The summed E-state index contributed by atoms with van der Waals surface area (Å²) in [4.78, 5) is 26.5. The second-order valence-corrected chi connectivity index (χ2v) is 9.65. The van der Waals surface area contributed by atoms with Gasteiger partial charge in [-0.2, -0.15) is 0 Å². The van der Waals surface area contributed by atoms with Gasteiger partial charge < -0.3 is 20.3 Å². The van der Waals surface area contributed by atoms with Crippen LogP contribution in [0.4, 0.5) is 11.4 Å². The van der Waals surface area contributed by atoms with Crippen LogP contribution in [0.3, 0.4) is 0 Å². The van der Waals surface area contributed by atoms with Gasteiger partial charge in [-0.25, -0.2) is 0 Å². The smallest absolute Gasteiger partial charge is 0.267 e. The number of halogens is 3. The fourth-order valence-electron chi connectivity index (χ4n) is 3.96. The minimum absolute atomic E-state index is 0.158. The average Bonchev–Trinajstić information content (AvgIpc) is 3.19. The van der Waals surface area contributed by atoms with Gasteiger partial charge in [0.1, 0.15) is 0 Å². The molecule has 2 heterocycles. The molecule has 6 nitrogen and oxygen atoms in total. The Kier molecular flexibility index (Phi) is 5.88. The maximum Gasteiger partial charge on any atom is 0.267 e. The van der Waals surface area contributed by atoms with Crippen LogP contribution in [0, 0.1) is 6.92 Å². The number of aliphatic hydroxyl groups is 1. The average molecular weight is 537 g/mol. The molecule has 2 aromatic carbocycles. The highest BCUT2D eigenvalue weighted by atomic mass is 79.9. The van der Waals surface area contributed by atoms with E-state index in [1.54, 1.807) is 47.0 Å². The van der Waals surface area contributed by atoms with Gasteiger partial charge in [0.15, 0.2) is 0 Å². The molecule has 0 spiro atoms. The number of benzene rings is 2. The van der Waals surface area contributed by atoms with Crippen LogP contribution < -0.4 is 10.6 Å². The Hall–Kier alpha value is -2.32. The molecule has 1 unspecified atom stereocenters. The van der Waals surface area contributed by atoms with Crippen LogP contribution in [0.1, 0.15) is 47.1 Å². The van der Waals surface area contributed by atoms with Gasteiger partial charge in [0.2, 0.25) is 5.60 Å². The number of carbonyl (C=O) groups is 2. The van der Waals surface area contributed by atoms with Gasteiger partial charge in [-0.05, 0) is 72.6 Å². The Morgan fingerprint density at radius 2 is 1.81 bits per heavy atom. The predicted octanol–water partition coefficient (Wildman–Crippen LogP) is 5.89. The molecule has 1 aromatic heterocycles. The number of nitrogens with zero attached hydrogens (tertiary/aromatic N) is 1. The lowest BCUT2D eigenvalue weighted by molar-refractivity contribution is -0.130. The molecule has 9 heteroatoms. The number of hydrogen-bond acceptors (Lipinski definition) is 3. The van der Waals surface area contributed by atoms with Crippen molar-refractivity contribution in [2.45, 2.75) is 32.4 Å². The summed E-state index contributed by atoms with van der Waals surface area (Å²) in [7, 11) is 0. The highest BCUT2D eigenvalue weighted by Gasteiger charge is 2.51. The molecule has 1 aliphatic rings. The Balaban J connectivity index is 1.91. The Morgan fingerprint density at radius 3 is 2.50 bits per heavy atom. The monoisotopic (exact) mass is 535 g/mol. The summed E-state index contributed by atoms with van der Waals surface area (Å²) in [6.07, 6.45) is 0. The number of carbonyl (C=O) groups excluding carboxylic acids is 2. The van der Waals surface area contributed by atoms with E-state index in [1.165, 1.54) is 0 Å². The van der Waals surface area contributed by atoms with Crippen LogP contribution in [0.25, 0.3) is 0 Å². The number of hydrogen-bond donors (Lipinski definition) is 3. The van der Waals surface area contributed by atoms with Crippen molar-refractivity contribution in [3.05, 3.63) is 79.5 Å². The normalized spacial score (nSPS) is 17.4. The minimum atomic E-state index is -2.09. The summed E-state index contributed by atoms with van der Waals surface area (Å²) < 4.78 is 2.28. The first-order valence-electron chi connectivity index (χ1n) is 9.86. The number of fused-ring (bicyclic) bond motifs is 1. The van der Waals surface area contributed by atoms with E-state index in [0.29, 0.717) is 31.6 Å². The summed E-state index contributed by atoms with van der Waals surface area (Å²) in [5, 5.41) is 18.3. The molecule has 0 aliphatic carbocycles. The van der Waals surface area contributed by atoms with Crippen molar-refractivity contribution < 1.29 is 14.7 Å². The molecule has 32 heavy (non-hydrogen) atoms. The molecular formula is C23H20BrCl2N3O3. The molecular weight excluding hydrogens is 517 g/mol. The number of amides is 2. The number of nitrogens with one attached hydrogen (secondary N) is 2. The number of aromatic nitrogens is 1.